The average Bonchev–Trinajstić information content (AvgIpc) is 3.11. The van der Waals surface area contributed by atoms with Crippen molar-refractivity contribution in [2.24, 2.45) is 5.73 Å². The van der Waals surface area contributed by atoms with Crippen LogP contribution in [0.2, 0.25) is 5.02 Å². The maximum Gasteiger partial charge on any atom is 0.176 e. The predicted molar refractivity (Wildman–Crippen MR) is 105 cm³/mol. The molecular weight excluding hydrogens is 348 g/mol. The lowest BCUT2D eigenvalue weighted by Gasteiger charge is -2.37. The quantitative estimate of drug-likeness (QED) is 0.736. The minimum Gasteiger partial charge on any atom is -0.396 e. The Kier molecular flexibility index (Phi) is 4.70. The molecule has 1 aromatic carbocycles. The van der Waals surface area contributed by atoms with Gasteiger partial charge in [-0.2, -0.15) is 0 Å². The molecule has 2 aromatic heterocycles. The van der Waals surface area contributed by atoms with Gasteiger partial charge in [0.15, 0.2) is 11.5 Å². The van der Waals surface area contributed by atoms with Gasteiger partial charge in [0.1, 0.15) is 0 Å². The molecule has 7 heteroatoms. The van der Waals surface area contributed by atoms with E-state index in [1.807, 2.05) is 30.5 Å². The van der Waals surface area contributed by atoms with Gasteiger partial charge in [-0.15, -0.1) is 5.10 Å². The van der Waals surface area contributed by atoms with Crippen molar-refractivity contribution in [3.05, 3.63) is 53.3 Å². The average molecular weight is 371 g/mol. The molecule has 0 bridgehead atoms. The summed E-state index contributed by atoms with van der Waals surface area (Å²) >= 11 is 6.42. The zero-order valence-electron chi connectivity index (χ0n) is 14.6. The van der Waals surface area contributed by atoms with Crippen LogP contribution in [0.5, 0.6) is 0 Å². The molecule has 26 heavy (non-hydrogen) atoms. The van der Waals surface area contributed by atoms with Crippen LogP contribution in [0.3, 0.4) is 0 Å². The highest BCUT2D eigenvalue weighted by atomic mass is 35.5. The summed E-state index contributed by atoms with van der Waals surface area (Å²) in [6, 6.07) is 10.5. The molecule has 0 saturated heterocycles. The van der Waals surface area contributed by atoms with Crippen molar-refractivity contribution in [3.63, 3.8) is 0 Å². The van der Waals surface area contributed by atoms with Gasteiger partial charge < -0.3 is 16.4 Å². The van der Waals surface area contributed by atoms with E-state index >= 15 is 0 Å². The number of aromatic nitrogens is 3. The van der Waals surface area contributed by atoms with Crippen LogP contribution in [0.15, 0.2) is 42.7 Å². The minimum absolute atomic E-state index is 0.294. The predicted octanol–water partition coefficient (Wildman–Crippen LogP) is 3.24. The molecule has 0 amide bonds. The number of benzene rings is 1. The van der Waals surface area contributed by atoms with Gasteiger partial charge >= 0.3 is 0 Å². The number of nitrogen functional groups attached to an aromatic ring is 1. The van der Waals surface area contributed by atoms with Crippen LogP contribution in [0.4, 0.5) is 11.5 Å². The van der Waals surface area contributed by atoms with Crippen LogP contribution in [0.25, 0.3) is 5.65 Å². The number of hydrogen-bond acceptors (Lipinski definition) is 5. The molecule has 2 heterocycles. The maximum atomic E-state index is 6.42. The summed E-state index contributed by atoms with van der Waals surface area (Å²) in [4.78, 5) is 6.57. The largest absolute Gasteiger partial charge is 0.396 e. The monoisotopic (exact) mass is 370 g/mol. The van der Waals surface area contributed by atoms with Crippen LogP contribution in [-0.4, -0.2) is 26.7 Å². The summed E-state index contributed by atoms with van der Waals surface area (Å²) in [6.45, 7) is 0.687. The van der Waals surface area contributed by atoms with Crippen molar-refractivity contribution >= 4 is 28.8 Å². The van der Waals surface area contributed by atoms with Gasteiger partial charge in [-0.25, -0.2) is 9.50 Å². The van der Waals surface area contributed by atoms with E-state index < -0.39 is 0 Å². The lowest BCUT2D eigenvalue weighted by atomic mass is 9.90. The van der Waals surface area contributed by atoms with E-state index in [0.29, 0.717) is 30.0 Å². The number of rotatable bonds is 4. The summed E-state index contributed by atoms with van der Waals surface area (Å²) in [5.41, 5.74) is 14.7. The second-order valence-electron chi connectivity index (χ2n) is 6.94. The minimum atomic E-state index is 0.294. The van der Waals surface area contributed by atoms with E-state index in [-0.39, 0.29) is 0 Å². The Morgan fingerprint density at radius 3 is 2.73 bits per heavy atom. The first-order chi connectivity index (χ1) is 12.6. The van der Waals surface area contributed by atoms with Gasteiger partial charge in [0, 0.05) is 42.1 Å². The van der Waals surface area contributed by atoms with Crippen molar-refractivity contribution in [2.75, 3.05) is 10.6 Å². The summed E-state index contributed by atoms with van der Waals surface area (Å²) in [6.07, 6.45) is 7.64. The van der Waals surface area contributed by atoms with Crippen LogP contribution in [0.1, 0.15) is 31.2 Å². The number of halogens is 1. The highest BCUT2D eigenvalue weighted by Gasteiger charge is 2.26. The van der Waals surface area contributed by atoms with E-state index in [2.05, 4.69) is 16.0 Å². The zero-order chi connectivity index (χ0) is 18.1. The first-order valence-electron chi connectivity index (χ1n) is 8.97. The molecule has 0 unspecified atom stereocenters. The third-order valence-corrected chi connectivity index (χ3v) is 5.52. The molecule has 1 fully saturated rings. The van der Waals surface area contributed by atoms with Gasteiger partial charge in [-0.05, 0) is 37.3 Å². The van der Waals surface area contributed by atoms with Gasteiger partial charge in [0.25, 0.3) is 0 Å². The molecule has 1 aliphatic rings. The number of nitrogens with zero attached hydrogens (tertiary/aromatic N) is 4. The summed E-state index contributed by atoms with van der Waals surface area (Å²) < 4.78 is 1.73. The lowest BCUT2D eigenvalue weighted by Crippen LogP contribution is -2.41. The summed E-state index contributed by atoms with van der Waals surface area (Å²) in [5, 5.41) is 5.51. The summed E-state index contributed by atoms with van der Waals surface area (Å²) in [5.74, 6) is 0.841. The van der Waals surface area contributed by atoms with Gasteiger partial charge in [0.2, 0.25) is 0 Å². The molecule has 3 aromatic rings. The van der Waals surface area contributed by atoms with Crippen molar-refractivity contribution < 1.29 is 0 Å². The third-order valence-electron chi connectivity index (χ3n) is 5.15. The second-order valence-corrected chi connectivity index (χ2v) is 7.35. The number of hydrogen-bond donors (Lipinski definition) is 2. The Labute approximate surface area is 157 Å². The highest BCUT2D eigenvalue weighted by molar-refractivity contribution is 6.31. The van der Waals surface area contributed by atoms with Crippen molar-refractivity contribution in [3.8, 4) is 0 Å². The summed E-state index contributed by atoms with van der Waals surface area (Å²) in [7, 11) is 0. The molecular formula is C19H23ClN6. The molecule has 0 radical (unpaired) electrons. The van der Waals surface area contributed by atoms with Crippen molar-refractivity contribution in [2.45, 2.75) is 44.3 Å². The molecule has 1 aliphatic carbocycles. The molecule has 136 valence electrons. The fraction of sp³-hybridized carbons (Fsp3) is 0.368. The van der Waals surface area contributed by atoms with Crippen LogP contribution < -0.4 is 16.4 Å². The first kappa shape index (κ1) is 17.1. The van der Waals surface area contributed by atoms with E-state index in [4.69, 9.17) is 28.2 Å². The number of fused-ring (bicyclic) bond motifs is 1. The topological polar surface area (TPSA) is 85.5 Å². The molecule has 0 aliphatic heterocycles. The molecule has 1 saturated carbocycles. The Morgan fingerprint density at radius 2 is 1.96 bits per heavy atom. The van der Waals surface area contributed by atoms with E-state index in [9.17, 15) is 0 Å². The van der Waals surface area contributed by atoms with Gasteiger partial charge in [-0.1, -0.05) is 29.8 Å². The van der Waals surface area contributed by atoms with Crippen molar-refractivity contribution in [1.82, 2.24) is 14.6 Å². The van der Waals surface area contributed by atoms with E-state index in [0.717, 1.165) is 42.1 Å². The standard InChI is InChI=1S/C19H23ClN6/c20-16-4-2-1-3-13(16)12-25(15-7-5-14(21)6-8-15)18-11-17(22)19-23-9-10-26(19)24-18/h1-4,9-11,14-15H,5-8,12,21-22H2. The molecule has 4 N–H and O–H groups in total. The second kappa shape index (κ2) is 7.13. The SMILES string of the molecule is Nc1cc(N(Cc2ccccc2Cl)C2CCC(N)CC2)nn2ccnc12. The van der Waals surface area contributed by atoms with Crippen LogP contribution in [-0.2, 0) is 6.54 Å². The van der Waals surface area contributed by atoms with Gasteiger partial charge in [-0.3, -0.25) is 0 Å². The molecule has 6 nitrogen and oxygen atoms in total. The fourth-order valence-electron chi connectivity index (χ4n) is 3.69. The Bertz CT molecular complexity index is 900. The van der Waals surface area contributed by atoms with Gasteiger partial charge in [0.05, 0.1) is 5.69 Å². The third kappa shape index (κ3) is 3.34. The lowest BCUT2D eigenvalue weighted by molar-refractivity contribution is 0.372. The smallest absolute Gasteiger partial charge is 0.176 e. The Balaban J connectivity index is 1.72. The van der Waals surface area contributed by atoms with E-state index in [1.165, 1.54) is 0 Å². The first-order valence-corrected chi connectivity index (χ1v) is 9.35. The molecule has 0 atom stereocenters. The van der Waals surface area contributed by atoms with Crippen molar-refractivity contribution in [1.29, 1.82) is 0 Å². The number of nitrogens with two attached hydrogens (primary N) is 2. The van der Waals surface area contributed by atoms with Crippen LogP contribution >= 0.6 is 11.6 Å². The molecule has 0 spiro atoms. The van der Waals surface area contributed by atoms with Crippen LogP contribution in [0, 0.1) is 0 Å². The normalized spacial score (nSPS) is 20.4. The fourth-order valence-corrected chi connectivity index (χ4v) is 3.88. The zero-order valence-corrected chi connectivity index (χ0v) is 15.3. The Morgan fingerprint density at radius 1 is 1.19 bits per heavy atom. The maximum absolute atomic E-state index is 6.42. The number of anilines is 2. The Hall–Kier alpha value is -2.31. The molecule has 4 rings (SSSR count). The number of imidazole rings is 1. The van der Waals surface area contributed by atoms with E-state index in [1.54, 1.807) is 10.7 Å². The highest BCUT2D eigenvalue weighted by Crippen LogP contribution is 2.30.